The second-order valence-corrected chi connectivity index (χ2v) is 6.32. The second kappa shape index (κ2) is 7.49. The molecule has 2 N–H and O–H groups in total. The van der Waals surface area contributed by atoms with Crippen LogP contribution in [0.1, 0.15) is 51.0 Å². The van der Waals surface area contributed by atoms with E-state index < -0.39 is 11.4 Å². The minimum atomic E-state index is -0.836. The molecule has 1 aromatic rings. The Morgan fingerprint density at radius 1 is 1.26 bits per heavy atom. The SMILES string of the molecule is COc1ccc(C2(C(=O)NC(C)CCC(=O)O)CCCC2)cc1. The summed E-state index contributed by atoms with van der Waals surface area (Å²) in [5, 5.41) is 11.8. The Morgan fingerprint density at radius 3 is 2.39 bits per heavy atom. The maximum atomic E-state index is 12.9. The Hall–Kier alpha value is -2.04. The first-order valence-corrected chi connectivity index (χ1v) is 8.15. The largest absolute Gasteiger partial charge is 0.497 e. The molecule has 0 saturated heterocycles. The zero-order valence-corrected chi connectivity index (χ0v) is 13.8. The van der Waals surface area contributed by atoms with Crippen molar-refractivity contribution >= 4 is 11.9 Å². The van der Waals surface area contributed by atoms with Gasteiger partial charge in [-0.15, -0.1) is 0 Å². The maximum absolute atomic E-state index is 12.9. The highest BCUT2D eigenvalue weighted by Crippen LogP contribution is 2.42. The van der Waals surface area contributed by atoms with Crippen molar-refractivity contribution in [2.24, 2.45) is 0 Å². The lowest BCUT2D eigenvalue weighted by Gasteiger charge is -2.30. The summed E-state index contributed by atoms with van der Waals surface area (Å²) < 4.78 is 5.19. The number of hydrogen-bond donors (Lipinski definition) is 2. The summed E-state index contributed by atoms with van der Waals surface area (Å²) in [4.78, 5) is 23.6. The number of rotatable bonds is 7. The highest BCUT2D eigenvalue weighted by atomic mass is 16.5. The molecule has 0 aliphatic heterocycles. The molecule has 0 bridgehead atoms. The molecule has 0 aromatic heterocycles. The van der Waals surface area contributed by atoms with Crippen LogP contribution in [0.15, 0.2) is 24.3 Å². The van der Waals surface area contributed by atoms with E-state index >= 15 is 0 Å². The van der Waals surface area contributed by atoms with Crippen molar-refractivity contribution in [1.82, 2.24) is 5.32 Å². The van der Waals surface area contributed by atoms with Gasteiger partial charge in [0.05, 0.1) is 12.5 Å². The molecule has 1 amide bonds. The fraction of sp³-hybridized carbons (Fsp3) is 0.556. The van der Waals surface area contributed by atoms with Crippen molar-refractivity contribution in [3.8, 4) is 5.75 Å². The lowest BCUT2D eigenvalue weighted by Crippen LogP contribution is -2.46. The van der Waals surface area contributed by atoms with E-state index in [1.165, 1.54) is 0 Å². The van der Waals surface area contributed by atoms with E-state index in [9.17, 15) is 9.59 Å². The predicted octanol–water partition coefficient (Wildman–Crippen LogP) is 2.88. The number of benzene rings is 1. The van der Waals surface area contributed by atoms with Crippen LogP contribution in [0.2, 0.25) is 0 Å². The zero-order valence-electron chi connectivity index (χ0n) is 13.8. The van der Waals surface area contributed by atoms with Crippen molar-refractivity contribution < 1.29 is 19.4 Å². The molecule has 23 heavy (non-hydrogen) atoms. The van der Waals surface area contributed by atoms with E-state index in [1.54, 1.807) is 7.11 Å². The van der Waals surface area contributed by atoms with Crippen molar-refractivity contribution in [3.63, 3.8) is 0 Å². The fourth-order valence-electron chi connectivity index (χ4n) is 3.31. The average molecular weight is 319 g/mol. The van der Waals surface area contributed by atoms with Gasteiger partial charge in [0.25, 0.3) is 0 Å². The van der Waals surface area contributed by atoms with Crippen molar-refractivity contribution in [3.05, 3.63) is 29.8 Å². The maximum Gasteiger partial charge on any atom is 0.303 e. The van der Waals surface area contributed by atoms with Gasteiger partial charge in [-0.2, -0.15) is 0 Å². The molecule has 1 unspecified atom stereocenters. The van der Waals surface area contributed by atoms with Gasteiger partial charge in [-0.1, -0.05) is 25.0 Å². The van der Waals surface area contributed by atoms with E-state index in [2.05, 4.69) is 5.32 Å². The molecule has 0 radical (unpaired) electrons. The van der Waals surface area contributed by atoms with E-state index in [1.807, 2.05) is 31.2 Å². The number of ether oxygens (including phenoxy) is 1. The average Bonchev–Trinajstić information content (AvgIpc) is 3.04. The van der Waals surface area contributed by atoms with E-state index in [4.69, 9.17) is 9.84 Å². The number of carbonyl (C=O) groups is 2. The van der Waals surface area contributed by atoms with Crippen molar-refractivity contribution in [2.45, 2.75) is 56.9 Å². The number of methoxy groups -OCH3 is 1. The topological polar surface area (TPSA) is 75.6 Å². The zero-order chi connectivity index (χ0) is 16.9. The number of carboxylic acids is 1. The third-order valence-corrected chi connectivity index (χ3v) is 4.70. The molecule has 2 rings (SSSR count). The molecular formula is C18H25NO4. The molecule has 0 heterocycles. The smallest absolute Gasteiger partial charge is 0.303 e. The first kappa shape index (κ1) is 17.3. The summed E-state index contributed by atoms with van der Waals surface area (Å²) in [5.41, 5.74) is 0.516. The molecule has 1 atom stereocenters. The minimum Gasteiger partial charge on any atom is -0.497 e. The van der Waals surface area contributed by atoms with Crippen LogP contribution in [0.25, 0.3) is 0 Å². The summed E-state index contributed by atoms with van der Waals surface area (Å²) in [6.45, 7) is 1.86. The van der Waals surface area contributed by atoms with Crippen LogP contribution >= 0.6 is 0 Å². The van der Waals surface area contributed by atoms with Gasteiger partial charge in [0.1, 0.15) is 5.75 Å². The lowest BCUT2D eigenvalue weighted by molar-refractivity contribution is -0.137. The Labute approximate surface area is 137 Å². The predicted molar refractivity (Wildman–Crippen MR) is 87.6 cm³/mol. The highest BCUT2D eigenvalue weighted by molar-refractivity contribution is 5.88. The van der Waals surface area contributed by atoms with Crippen LogP contribution in [-0.2, 0) is 15.0 Å². The molecule has 1 aliphatic rings. The Balaban J connectivity index is 2.12. The monoisotopic (exact) mass is 319 g/mol. The standard InChI is InChI=1S/C18H25NO4/c1-13(5-10-16(20)21)19-17(22)18(11-3-4-12-18)14-6-8-15(23-2)9-7-14/h6-9,13H,3-5,10-12H2,1-2H3,(H,19,22)(H,20,21). The van der Waals surface area contributed by atoms with Crippen LogP contribution in [0.5, 0.6) is 5.75 Å². The van der Waals surface area contributed by atoms with E-state index in [0.717, 1.165) is 37.0 Å². The quantitative estimate of drug-likeness (QED) is 0.810. The number of carbonyl (C=O) groups excluding carboxylic acids is 1. The first-order chi connectivity index (χ1) is 11.0. The number of nitrogens with one attached hydrogen (secondary N) is 1. The normalized spacial score (nSPS) is 17.5. The van der Waals surface area contributed by atoms with Crippen LogP contribution in [0.4, 0.5) is 0 Å². The summed E-state index contributed by atoms with van der Waals surface area (Å²) in [6, 6.07) is 7.55. The molecule has 0 spiro atoms. The van der Waals surface area contributed by atoms with Crippen molar-refractivity contribution in [2.75, 3.05) is 7.11 Å². The van der Waals surface area contributed by atoms with Gasteiger partial charge in [-0.3, -0.25) is 9.59 Å². The van der Waals surface area contributed by atoms with Gasteiger partial charge >= 0.3 is 5.97 Å². The molecule has 5 nitrogen and oxygen atoms in total. The van der Waals surface area contributed by atoms with Gasteiger partial charge in [0.15, 0.2) is 0 Å². The van der Waals surface area contributed by atoms with Crippen LogP contribution in [0.3, 0.4) is 0 Å². The minimum absolute atomic E-state index is 0.0121. The number of carboxylic acid groups (broad SMARTS) is 1. The number of amides is 1. The summed E-state index contributed by atoms with van der Waals surface area (Å²) in [7, 11) is 1.62. The summed E-state index contributed by atoms with van der Waals surface area (Å²) in [6.07, 6.45) is 4.23. The van der Waals surface area contributed by atoms with Crippen LogP contribution in [0, 0.1) is 0 Å². The highest BCUT2D eigenvalue weighted by Gasteiger charge is 2.42. The van der Waals surface area contributed by atoms with Crippen LogP contribution < -0.4 is 10.1 Å². The van der Waals surface area contributed by atoms with Gasteiger partial charge in [-0.05, 0) is 43.9 Å². The molecule has 1 fully saturated rings. The van der Waals surface area contributed by atoms with Gasteiger partial charge in [0, 0.05) is 12.5 Å². The molecular weight excluding hydrogens is 294 g/mol. The second-order valence-electron chi connectivity index (χ2n) is 6.32. The lowest BCUT2D eigenvalue weighted by atomic mass is 9.77. The van der Waals surface area contributed by atoms with Crippen LogP contribution in [-0.4, -0.2) is 30.1 Å². The van der Waals surface area contributed by atoms with Gasteiger partial charge in [0.2, 0.25) is 5.91 Å². The Bertz CT molecular complexity index is 547. The van der Waals surface area contributed by atoms with Gasteiger partial charge < -0.3 is 15.2 Å². The first-order valence-electron chi connectivity index (χ1n) is 8.15. The van der Waals surface area contributed by atoms with E-state index in [0.29, 0.717) is 6.42 Å². The number of aliphatic carboxylic acids is 1. The molecule has 1 aromatic carbocycles. The van der Waals surface area contributed by atoms with Gasteiger partial charge in [-0.25, -0.2) is 0 Å². The third kappa shape index (κ3) is 4.03. The van der Waals surface area contributed by atoms with Crippen molar-refractivity contribution in [1.29, 1.82) is 0 Å². The summed E-state index contributed by atoms with van der Waals surface area (Å²) in [5.74, 6) is -0.0491. The fourth-order valence-corrected chi connectivity index (χ4v) is 3.31. The molecule has 126 valence electrons. The Kier molecular flexibility index (Phi) is 5.64. The molecule has 5 heteroatoms. The molecule has 1 saturated carbocycles. The number of hydrogen-bond acceptors (Lipinski definition) is 3. The van der Waals surface area contributed by atoms with E-state index in [-0.39, 0.29) is 18.4 Å². The Morgan fingerprint density at radius 2 is 1.87 bits per heavy atom. The summed E-state index contributed by atoms with van der Waals surface area (Å²) >= 11 is 0. The molecule has 1 aliphatic carbocycles. The third-order valence-electron chi connectivity index (χ3n) is 4.70.